The Labute approximate surface area is 83.4 Å². The summed E-state index contributed by atoms with van der Waals surface area (Å²) in [5, 5.41) is 0. The van der Waals surface area contributed by atoms with Gasteiger partial charge in [-0.25, -0.2) is 4.21 Å². The number of rotatable bonds is 0. The van der Waals surface area contributed by atoms with Gasteiger partial charge in [-0.05, 0) is 19.3 Å². The van der Waals surface area contributed by atoms with E-state index in [0.717, 1.165) is 0 Å². The van der Waals surface area contributed by atoms with Gasteiger partial charge in [-0.3, -0.25) is 12.9 Å². The Hall–Kier alpha value is -0.150. The van der Waals surface area contributed by atoms with Gasteiger partial charge in [0.1, 0.15) is 0 Å². The minimum absolute atomic E-state index is 0.0361. The fraction of sp³-hybridized carbons (Fsp3) is 0.833. The molecule has 0 saturated carbocycles. The van der Waals surface area contributed by atoms with Crippen molar-refractivity contribution in [3.8, 4) is 0 Å². The van der Waals surface area contributed by atoms with Crippen molar-refractivity contribution >= 4 is 24.9 Å². The highest BCUT2D eigenvalue weighted by atomic mass is 32.3. The minimum Gasteiger partial charge on any atom is -0.293 e. The molecular weight excluding hydrogens is 232 g/mol. The second kappa shape index (κ2) is 4.58. The molecule has 1 rings (SSSR count). The van der Waals surface area contributed by atoms with E-state index in [0.29, 0.717) is 19.3 Å². The quantitative estimate of drug-likeness (QED) is 0.475. The molecule has 0 aliphatic carbocycles. The van der Waals surface area contributed by atoms with Crippen LogP contribution in [0.4, 0.5) is 0 Å². The average Bonchev–Trinajstić information content (AvgIpc) is 1.99. The summed E-state index contributed by atoms with van der Waals surface area (Å²) in [6.07, 6.45) is 1.89. The van der Waals surface area contributed by atoms with Crippen molar-refractivity contribution in [3.05, 3.63) is 0 Å². The molecule has 0 spiro atoms. The highest BCUT2D eigenvalue weighted by Gasteiger charge is 2.15. The van der Waals surface area contributed by atoms with Crippen LogP contribution < -0.4 is 0 Å². The normalized spacial score (nSPS) is 34.4. The van der Waals surface area contributed by atoms with Gasteiger partial charge in [0.2, 0.25) is 10.1 Å². The molecule has 0 aromatic heterocycles. The molecule has 0 bridgehead atoms. The first kappa shape index (κ1) is 11.9. The van der Waals surface area contributed by atoms with Crippen LogP contribution in [0.15, 0.2) is 0 Å². The molecule has 1 N–H and O–H groups in total. The second-order valence-electron chi connectivity index (χ2n) is 2.81. The maximum Gasteiger partial charge on any atom is 0.302 e. The lowest BCUT2D eigenvalue weighted by Crippen LogP contribution is -2.18. The van der Waals surface area contributed by atoms with Crippen LogP contribution in [0.3, 0.4) is 0 Å². The average molecular weight is 244 g/mol. The van der Waals surface area contributed by atoms with Gasteiger partial charge in [0, 0.05) is 0 Å². The molecule has 1 atom stereocenters. The lowest BCUT2D eigenvalue weighted by Gasteiger charge is -2.08. The molecule has 84 valence electrons. The predicted octanol–water partition coefficient (Wildman–Crippen LogP) is -0.0346. The number of hydrogen-bond acceptors (Lipinski definition) is 5. The van der Waals surface area contributed by atoms with Crippen molar-refractivity contribution < 1.29 is 25.5 Å². The fourth-order valence-corrected chi connectivity index (χ4v) is 3.28. The largest absolute Gasteiger partial charge is 0.302 e. The maximum absolute atomic E-state index is 11.1. The van der Waals surface area contributed by atoms with Crippen LogP contribution in [0, 0.1) is 0 Å². The van der Waals surface area contributed by atoms with Crippen LogP contribution in [0.5, 0.6) is 0 Å². The third-order valence-corrected chi connectivity index (χ3v) is 4.44. The third kappa shape index (κ3) is 4.38. The van der Waals surface area contributed by atoms with Gasteiger partial charge in [-0.15, -0.1) is 0 Å². The van der Waals surface area contributed by atoms with Crippen molar-refractivity contribution in [3.63, 3.8) is 0 Å². The van der Waals surface area contributed by atoms with Crippen molar-refractivity contribution in [2.24, 2.45) is 0 Å². The molecule has 1 unspecified atom stereocenters. The first-order valence-electron chi connectivity index (χ1n) is 4.06. The van der Waals surface area contributed by atoms with E-state index in [4.69, 9.17) is 4.55 Å². The van der Waals surface area contributed by atoms with Gasteiger partial charge in [-0.1, -0.05) is 0 Å². The summed E-state index contributed by atoms with van der Waals surface area (Å²) in [6.45, 7) is 0.107. The lowest BCUT2D eigenvalue weighted by atomic mass is 10.2. The molecule has 0 fully saturated rings. The molecule has 0 saturated heterocycles. The smallest absolute Gasteiger partial charge is 0.293 e. The molecule has 6 nitrogen and oxygen atoms in total. The molecule has 8 heteroatoms. The van der Waals surface area contributed by atoms with E-state index >= 15 is 0 Å². The summed E-state index contributed by atoms with van der Waals surface area (Å²) >= 11 is 0. The van der Waals surface area contributed by atoms with Gasteiger partial charge in [0.15, 0.2) is 4.70 Å². The van der Waals surface area contributed by atoms with Crippen LogP contribution in [-0.2, 0) is 28.6 Å². The van der Waals surface area contributed by atoms with Crippen molar-refractivity contribution in [2.75, 3.05) is 13.2 Å². The second-order valence-corrected chi connectivity index (χ2v) is 6.07. The number of hydrogen-bond donors (Lipinski definition) is 1. The van der Waals surface area contributed by atoms with Gasteiger partial charge in [0.25, 0.3) is 0 Å². The highest BCUT2D eigenvalue weighted by Crippen LogP contribution is 2.04. The summed E-state index contributed by atoms with van der Waals surface area (Å²) in [7, 11) is -7.94. The molecule has 0 aromatic carbocycles. The van der Waals surface area contributed by atoms with Crippen LogP contribution in [0.25, 0.3) is 0 Å². The molecule has 0 aromatic rings. The van der Waals surface area contributed by atoms with Crippen LogP contribution in [0.1, 0.15) is 19.3 Å². The topological polar surface area (TPSA) is 89.9 Å². The molecule has 14 heavy (non-hydrogen) atoms. The third-order valence-electron chi connectivity index (χ3n) is 1.53. The Balaban J connectivity index is 2.93. The maximum atomic E-state index is 11.1. The first-order valence-corrected chi connectivity index (χ1v) is 7.04. The van der Waals surface area contributed by atoms with E-state index in [2.05, 4.69) is 8.37 Å². The molecule has 1 aliphatic heterocycles. The van der Waals surface area contributed by atoms with Crippen molar-refractivity contribution in [2.45, 2.75) is 19.3 Å². The zero-order valence-corrected chi connectivity index (χ0v) is 9.05. The summed E-state index contributed by atoms with van der Waals surface area (Å²) in [4.78, 5) is 0. The van der Waals surface area contributed by atoms with Crippen molar-refractivity contribution in [1.29, 1.82) is 0 Å². The van der Waals surface area contributed by atoms with Crippen LogP contribution >= 0.6 is 0 Å². The lowest BCUT2D eigenvalue weighted by molar-refractivity contribution is 0.276. The Morgan fingerprint density at radius 2 is 1.57 bits per heavy atom. The molecule has 0 amide bonds. The molecular formula is C6H12O6S2. The SMILES string of the molecule is O=S1(=O)C=S(=O)(O)OCCCCCO1. The van der Waals surface area contributed by atoms with Gasteiger partial charge >= 0.3 is 10.1 Å². The summed E-state index contributed by atoms with van der Waals surface area (Å²) in [5.41, 5.74) is 0. The van der Waals surface area contributed by atoms with Crippen molar-refractivity contribution in [1.82, 2.24) is 0 Å². The van der Waals surface area contributed by atoms with E-state index in [-0.39, 0.29) is 17.9 Å². The van der Waals surface area contributed by atoms with Crippen LogP contribution in [0.2, 0.25) is 0 Å². The first-order chi connectivity index (χ1) is 6.41. The minimum atomic E-state index is -4.07. The highest BCUT2D eigenvalue weighted by molar-refractivity contribution is 8.15. The Bertz CT molecular complexity index is 389. The van der Waals surface area contributed by atoms with Gasteiger partial charge < -0.3 is 0 Å². The Kier molecular flexibility index (Phi) is 3.90. The Morgan fingerprint density at radius 3 is 2.21 bits per heavy atom. The van der Waals surface area contributed by atoms with E-state index < -0.39 is 20.2 Å². The van der Waals surface area contributed by atoms with Crippen LogP contribution in [-0.4, -0.2) is 35.1 Å². The Morgan fingerprint density at radius 1 is 1.00 bits per heavy atom. The van der Waals surface area contributed by atoms with E-state index in [1.807, 2.05) is 0 Å². The van der Waals surface area contributed by atoms with E-state index in [9.17, 15) is 12.6 Å². The van der Waals surface area contributed by atoms with E-state index in [1.165, 1.54) is 0 Å². The standard InChI is InChI=1S/C6H12O6S2/c7-13(8)6-14(9,10)12-5-3-1-2-4-11-13/h6H,1-5H2,(H,7,8). The van der Waals surface area contributed by atoms with Gasteiger partial charge in [-0.2, -0.15) is 8.42 Å². The molecule has 0 radical (unpaired) electrons. The summed E-state index contributed by atoms with van der Waals surface area (Å²) < 4.78 is 51.3. The predicted molar refractivity (Wildman–Crippen MR) is 51.5 cm³/mol. The molecule has 1 aliphatic rings. The van der Waals surface area contributed by atoms with E-state index in [1.54, 1.807) is 0 Å². The summed E-state index contributed by atoms with van der Waals surface area (Å²) in [6, 6.07) is 0. The summed E-state index contributed by atoms with van der Waals surface area (Å²) in [5.74, 6) is 0. The zero-order chi connectivity index (χ0) is 10.7. The zero-order valence-electron chi connectivity index (χ0n) is 7.42. The fourth-order valence-electron chi connectivity index (χ4n) is 0.939. The monoisotopic (exact) mass is 244 g/mol. The van der Waals surface area contributed by atoms with Gasteiger partial charge in [0.05, 0.1) is 13.2 Å². The molecule has 1 heterocycles.